The highest BCUT2D eigenvalue weighted by Gasteiger charge is 2.18. The Labute approximate surface area is 89.3 Å². The second-order valence-electron chi connectivity index (χ2n) is 2.83. The highest BCUT2D eigenvalue weighted by atomic mass is 32.1. The van der Waals surface area contributed by atoms with Crippen molar-refractivity contribution in [1.29, 1.82) is 0 Å². The molecule has 2 aromatic rings. The molecule has 1 unspecified atom stereocenters. The first-order chi connectivity index (χ1) is 7.33. The van der Waals surface area contributed by atoms with E-state index in [4.69, 9.17) is 5.84 Å². The van der Waals surface area contributed by atoms with Gasteiger partial charge in [-0.05, 0) is 17.6 Å². The van der Waals surface area contributed by atoms with Gasteiger partial charge < -0.3 is 0 Å². The van der Waals surface area contributed by atoms with Crippen LogP contribution < -0.4 is 11.3 Å². The molecule has 0 aliphatic carbocycles. The van der Waals surface area contributed by atoms with Gasteiger partial charge in [0.2, 0.25) is 0 Å². The lowest BCUT2D eigenvalue weighted by Gasteiger charge is -2.13. The second kappa shape index (κ2) is 4.39. The molecule has 7 heteroatoms. The SMILES string of the molecule is NNC(c1csnn1)c1ccncc1F. The topological polar surface area (TPSA) is 76.7 Å². The first-order valence-corrected chi connectivity index (χ1v) is 4.99. The Morgan fingerprint density at radius 2 is 2.40 bits per heavy atom. The van der Waals surface area contributed by atoms with E-state index in [0.29, 0.717) is 11.3 Å². The molecule has 0 bridgehead atoms. The molecule has 3 N–H and O–H groups in total. The van der Waals surface area contributed by atoms with E-state index in [1.807, 2.05) is 0 Å². The van der Waals surface area contributed by atoms with E-state index >= 15 is 0 Å². The van der Waals surface area contributed by atoms with E-state index in [0.717, 1.165) is 6.20 Å². The van der Waals surface area contributed by atoms with Gasteiger partial charge in [-0.1, -0.05) is 4.49 Å². The highest BCUT2D eigenvalue weighted by molar-refractivity contribution is 7.03. The summed E-state index contributed by atoms with van der Waals surface area (Å²) in [6, 6.07) is 1.06. The smallest absolute Gasteiger partial charge is 0.146 e. The lowest BCUT2D eigenvalue weighted by Crippen LogP contribution is -2.29. The van der Waals surface area contributed by atoms with Crippen LogP contribution in [0.15, 0.2) is 23.8 Å². The maximum absolute atomic E-state index is 13.4. The monoisotopic (exact) mass is 225 g/mol. The standard InChI is InChI=1S/C8H8FN5S/c9-6-3-11-2-1-5(6)8(12-10)7-4-15-14-13-7/h1-4,8,12H,10H2. The van der Waals surface area contributed by atoms with Crippen LogP contribution in [0.4, 0.5) is 4.39 Å². The molecular formula is C8H8FN5S. The Morgan fingerprint density at radius 3 is 3.00 bits per heavy atom. The van der Waals surface area contributed by atoms with Crippen LogP contribution in [-0.4, -0.2) is 14.6 Å². The van der Waals surface area contributed by atoms with Gasteiger partial charge in [-0.2, -0.15) is 0 Å². The molecule has 0 radical (unpaired) electrons. The van der Waals surface area contributed by atoms with Crippen molar-refractivity contribution in [3.8, 4) is 0 Å². The molecule has 2 rings (SSSR count). The van der Waals surface area contributed by atoms with Gasteiger partial charge in [0.25, 0.3) is 0 Å². The lowest BCUT2D eigenvalue weighted by atomic mass is 10.1. The number of halogens is 1. The number of hydrogen-bond acceptors (Lipinski definition) is 6. The first-order valence-electron chi connectivity index (χ1n) is 4.15. The van der Waals surface area contributed by atoms with Crippen molar-refractivity contribution in [3.05, 3.63) is 40.9 Å². The fourth-order valence-electron chi connectivity index (χ4n) is 1.25. The van der Waals surface area contributed by atoms with Gasteiger partial charge in [-0.15, -0.1) is 5.10 Å². The fraction of sp³-hybridized carbons (Fsp3) is 0.125. The molecule has 0 aromatic carbocycles. The van der Waals surface area contributed by atoms with Gasteiger partial charge in [0.15, 0.2) is 0 Å². The summed E-state index contributed by atoms with van der Waals surface area (Å²) in [5.41, 5.74) is 3.49. The maximum atomic E-state index is 13.4. The summed E-state index contributed by atoms with van der Waals surface area (Å²) in [6.07, 6.45) is 2.64. The van der Waals surface area contributed by atoms with Crippen LogP contribution in [0.25, 0.3) is 0 Å². The normalized spacial score (nSPS) is 12.7. The zero-order valence-electron chi connectivity index (χ0n) is 7.59. The predicted octanol–water partition coefficient (Wildman–Crippen LogP) is 0.625. The van der Waals surface area contributed by atoms with Crippen molar-refractivity contribution in [1.82, 2.24) is 20.0 Å². The molecule has 0 amide bonds. The molecule has 0 spiro atoms. The van der Waals surface area contributed by atoms with E-state index in [1.165, 1.54) is 17.7 Å². The van der Waals surface area contributed by atoms with E-state index in [-0.39, 0.29) is 0 Å². The van der Waals surface area contributed by atoms with Crippen LogP contribution in [0.1, 0.15) is 17.3 Å². The van der Waals surface area contributed by atoms with Crippen molar-refractivity contribution in [3.63, 3.8) is 0 Å². The van der Waals surface area contributed by atoms with Crippen molar-refractivity contribution in [2.45, 2.75) is 6.04 Å². The number of nitrogens with one attached hydrogen (secondary N) is 1. The van der Waals surface area contributed by atoms with Gasteiger partial charge in [-0.25, -0.2) is 9.82 Å². The number of pyridine rings is 1. The maximum Gasteiger partial charge on any atom is 0.146 e. The highest BCUT2D eigenvalue weighted by Crippen LogP contribution is 2.21. The van der Waals surface area contributed by atoms with Crippen molar-refractivity contribution >= 4 is 11.5 Å². The van der Waals surface area contributed by atoms with Crippen LogP contribution >= 0.6 is 11.5 Å². The third-order valence-corrected chi connectivity index (χ3v) is 2.48. The largest absolute Gasteiger partial charge is 0.271 e. The van der Waals surface area contributed by atoms with Crippen molar-refractivity contribution < 1.29 is 4.39 Å². The molecule has 0 fully saturated rings. The predicted molar refractivity (Wildman–Crippen MR) is 53.3 cm³/mol. The zero-order chi connectivity index (χ0) is 10.7. The molecule has 0 saturated carbocycles. The van der Waals surface area contributed by atoms with Crippen LogP contribution in [0.5, 0.6) is 0 Å². The minimum absolute atomic E-state index is 0.403. The third-order valence-electron chi connectivity index (χ3n) is 1.95. The average molecular weight is 225 g/mol. The molecular weight excluding hydrogens is 217 g/mol. The Balaban J connectivity index is 2.40. The summed E-state index contributed by atoms with van der Waals surface area (Å²) in [7, 11) is 0. The van der Waals surface area contributed by atoms with E-state index in [1.54, 1.807) is 11.4 Å². The lowest BCUT2D eigenvalue weighted by molar-refractivity contribution is 0.548. The van der Waals surface area contributed by atoms with Crippen LogP contribution in [0.3, 0.4) is 0 Å². The van der Waals surface area contributed by atoms with Crippen molar-refractivity contribution in [2.75, 3.05) is 0 Å². The summed E-state index contributed by atoms with van der Waals surface area (Å²) in [4.78, 5) is 3.67. The number of hydrazine groups is 1. The Kier molecular flexibility index (Phi) is 2.95. The average Bonchev–Trinajstić information content (AvgIpc) is 2.75. The molecule has 0 aliphatic heterocycles. The van der Waals surface area contributed by atoms with Crippen LogP contribution in [0, 0.1) is 5.82 Å². The number of aromatic nitrogens is 3. The number of rotatable bonds is 3. The van der Waals surface area contributed by atoms with E-state index in [9.17, 15) is 4.39 Å². The second-order valence-corrected chi connectivity index (χ2v) is 3.44. The molecule has 78 valence electrons. The minimum Gasteiger partial charge on any atom is -0.271 e. The number of nitrogens with two attached hydrogens (primary N) is 1. The molecule has 0 aliphatic rings. The van der Waals surface area contributed by atoms with Crippen molar-refractivity contribution in [2.24, 2.45) is 5.84 Å². The number of nitrogens with zero attached hydrogens (tertiary/aromatic N) is 3. The summed E-state index contributed by atoms with van der Waals surface area (Å²) in [6.45, 7) is 0. The molecule has 0 saturated heterocycles. The Bertz CT molecular complexity index is 432. The summed E-state index contributed by atoms with van der Waals surface area (Å²) >= 11 is 1.19. The van der Waals surface area contributed by atoms with E-state index < -0.39 is 11.9 Å². The first kappa shape index (κ1) is 10.1. The summed E-state index contributed by atoms with van der Waals surface area (Å²) in [5.74, 6) is 4.94. The van der Waals surface area contributed by atoms with Gasteiger partial charge in [0.1, 0.15) is 5.82 Å². The van der Waals surface area contributed by atoms with Gasteiger partial charge in [0, 0.05) is 17.1 Å². The Hall–Kier alpha value is -1.44. The fourth-order valence-corrected chi connectivity index (χ4v) is 1.73. The number of hydrogen-bond donors (Lipinski definition) is 2. The molecule has 1 atom stereocenters. The molecule has 2 heterocycles. The summed E-state index contributed by atoms with van der Waals surface area (Å²) < 4.78 is 17.1. The quantitative estimate of drug-likeness (QED) is 0.591. The van der Waals surface area contributed by atoms with E-state index in [2.05, 4.69) is 20.0 Å². The minimum atomic E-state index is -0.494. The Morgan fingerprint density at radius 1 is 1.53 bits per heavy atom. The van der Waals surface area contributed by atoms with Crippen LogP contribution in [0.2, 0.25) is 0 Å². The molecule has 2 aromatic heterocycles. The third kappa shape index (κ3) is 1.99. The molecule has 15 heavy (non-hydrogen) atoms. The summed E-state index contributed by atoms with van der Waals surface area (Å²) in [5, 5.41) is 5.56. The van der Waals surface area contributed by atoms with Gasteiger partial charge in [-0.3, -0.25) is 10.8 Å². The molecule has 5 nitrogen and oxygen atoms in total. The van der Waals surface area contributed by atoms with Gasteiger partial charge >= 0.3 is 0 Å². The van der Waals surface area contributed by atoms with Crippen LogP contribution in [-0.2, 0) is 0 Å². The zero-order valence-corrected chi connectivity index (χ0v) is 8.41. The van der Waals surface area contributed by atoms with Gasteiger partial charge in [0.05, 0.1) is 17.9 Å².